The number of carboxylic acids is 1. The van der Waals surface area contributed by atoms with E-state index in [1.54, 1.807) is 19.1 Å². The average Bonchev–Trinajstić information content (AvgIpc) is 3.30. The summed E-state index contributed by atoms with van der Waals surface area (Å²) in [5.74, 6) is -0.558. The second kappa shape index (κ2) is 11.1. The van der Waals surface area contributed by atoms with Gasteiger partial charge in [-0.1, -0.05) is 42.5 Å². The maximum absolute atomic E-state index is 14.0. The molecule has 0 radical (unpaired) electrons. The molecular formula is C27H31N3O6S. The predicted octanol–water partition coefficient (Wildman–Crippen LogP) is 4.60. The molecule has 0 bridgehead atoms. The van der Waals surface area contributed by atoms with Gasteiger partial charge >= 0.3 is 5.97 Å². The topological polar surface area (TPSA) is 111 Å². The quantitative estimate of drug-likeness (QED) is 0.385. The van der Waals surface area contributed by atoms with E-state index in [1.165, 1.54) is 15.2 Å². The molecule has 1 unspecified atom stereocenters. The molecule has 2 heterocycles. The van der Waals surface area contributed by atoms with Crippen LogP contribution < -0.4 is 13.8 Å². The Hall–Kier alpha value is -3.79. The molecule has 2 aromatic carbocycles. The lowest BCUT2D eigenvalue weighted by Crippen LogP contribution is -2.43. The van der Waals surface area contributed by atoms with Crippen LogP contribution in [0.3, 0.4) is 0 Å². The van der Waals surface area contributed by atoms with E-state index in [-0.39, 0.29) is 36.8 Å². The SMILES string of the molecule is CCOc1nn(CC)cc1S(=O)(=O)N1CC(CCC(=O)O)Oc2ccc(C=Cc3ccccc3C)cc21. The Kier molecular flexibility index (Phi) is 7.87. The molecule has 1 aliphatic rings. The lowest BCUT2D eigenvalue weighted by atomic mass is 10.1. The smallest absolute Gasteiger partial charge is 0.303 e. The molecule has 1 N–H and O–H groups in total. The van der Waals surface area contributed by atoms with Crippen LogP contribution in [-0.2, 0) is 21.4 Å². The Morgan fingerprint density at radius 2 is 2.00 bits per heavy atom. The van der Waals surface area contributed by atoms with Crippen LogP contribution in [0.25, 0.3) is 12.2 Å². The highest BCUT2D eigenvalue weighted by atomic mass is 32.2. The highest BCUT2D eigenvalue weighted by Gasteiger charge is 2.37. The van der Waals surface area contributed by atoms with Gasteiger partial charge in [0.2, 0.25) is 0 Å². The van der Waals surface area contributed by atoms with E-state index in [2.05, 4.69) is 5.10 Å². The minimum absolute atomic E-state index is 0.0313. The van der Waals surface area contributed by atoms with Gasteiger partial charge in [-0.25, -0.2) is 8.42 Å². The number of ether oxygens (including phenoxy) is 2. The van der Waals surface area contributed by atoms with Gasteiger partial charge in [0.15, 0.2) is 4.90 Å². The zero-order valence-electron chi connectivity index (χ0n) is 21.1. The molecule has 196 valence electrons. The van der Waals surface area contributed by atoms with Gasteiger partial charge in [0.1, 0.15) is 11.9 Å². The number of rotatable bonds is 10. The first-order valence-corrected chi connectivity index (χ1v) is 13.7. The minimum atomic E-state index is -4.11. The van der Waals surface area contributed by atoms with Crippen LogP contribution in [0, 0.1) is 6.92 Å². The summed E-state index contributed by atoms with van der Waals surface area (Å²) in [4.78, 5) is 11.1. The van der Waals surface area contributed by atoms with Crippen molar-refractivity contribution in [2.45, 2.75) is 51.2 Å². The Morgan fingerprint density at radius 3 is 2.70 bits per heavy atom. The minimum Gasteiger partial charge on any atom is -0.486 e. The van der Waals surface area contributed by atoms with Crippen molar-refractivity contribution in [2.75, 3.05) is 17.5 Å². The van der Waals surface area contributed by atoms with Crippen molar-refractivity contribution in [1.82, 2.24) is 9.78 Å². The number of aromatic nitrogens is 2. The van der Waals surface area contributed by atoms with Crippen molar-refractivity contribution < 1.29 is 27.8 Å². The van der Waals surface area contributed by atoms with Crippen LogP contribution >= 0.6 is 0 Å². The average molecular weight is 526 g/mol. The van der Waals surface area contributed by atoms with Crippen molar-refractivity contribution in [3.8, 4) is 11.6 Å². The number of carbonyl (C=O) groups is 1. The highest BCUT2D eigenvalue weighted by molar-refractivity contribution is 7.93. The van der Waals surface area contributed by atoms with Gasteiger partial charge in [0.05, 0.1) is 18.8 Å². The number of carboxylic acid groups (broad SMARTS) is 1. The summed E-state index contributed by atoms with van der Waals surface area (Å²) in [6.45, 7) is 6.36. The van der Waals surface area contributed by atoms with Crippen LogP contribution in [0.4, 0.5) is 5.69 Å². The normalized spacial score (nSPS) is 15.4. The van der Waals surface area contributed by atoms with Gasteiger partial charge in [-0.15, -0.1) is 5.10 Å². The molecule has 10 heteroatoms. The second-order valence-electron chi connectivity index (χ2n) is 8.71. The number of nitrogens with zero attached hydrogens (tertiary/aromatic N) is 3. The zero-order valence-corrected chi connectivity index (χ0v) is 21.9. The number of hydrogen-bond donors (Lipinski definition) is 1. The number of aryl methyl sites for hydroxylation is 2. The summed E-state index contributed by atoms with van der Waals surface area (Å²) in [6.07, 6.45) is 4.77. The summed E-state index contributed by atoms with van der Waals surface area (Å²) in [5, 5.41) is 13.4. The number of benzene rings is 2. The van der Waals surface area contributed by atoms with Gasteiger partial charge in [-0.05, 0) is 56.0 Å². The van der Waals surface area contributed by atoms with E-state index in [9.17, 15) is 13.2 Å². The third-order valence-electron chi connectivity index (χ3n) is 6.11. The Balaban J connectivity index is 1.76. The maximum Gasteiger partial charge on any atom is 0.303 e. The Labute approximate surface area is 217 Å². The summed E-state index contributed by atoms with van der Waals surface area (Å²) in [5.41, 5.74) is 3.36. The number of fused-ring (bicyclic) bond motifs is 1. The standard InChI is InChI=1S/C27H31N3O6S/c1-4-29-18-25(27(28-29)35-5-2)37(33,34)30-17-22(13-15-26(31)32)36-24-14-11-20(16-23(24)30)10-12-21-9-7-6-8-19(21)3/h6-12,14,16,18,22H,4-5,13,15,17H2,1-3H3,(H,31,32). The number of anilines is 1. The molecule has 0 saturated carbocycles. The summed E-state index contributed by atoms with van der Waals surface area (Å²) in [6, 6.07) is 13.3. The van der Waals surface area contributed by atoms with E-state index in [1.807, 2.05) is 56.3 Å². The molecule has 0 aliphatic carbocycles. The molecular weight excluding hydrogens is 494 g/mol. The van der Waals surface area contributed by atoms with Gasteiger partial charge in [0, 0.05) is 19.2 Å². The van der Waals surface area contributed by atoms with E-state index in [0.29, 0.717) is 18.0 Å². The molecule has 1 atom stereocenters. The van der Waals surface area contributed by atoms with Crippen molar-refractivity contribution in [2.24, 2.45) is 0 Å². The maximum atomic E-state index is 14.0. The number of hydrogen-bond acceptors (Lipinski definition) is 6. The second-order valence-corrected chi connectivity index (χ2v) is 10.5. The first-order chi connectivity index (χ1) is 17.7. The fourth-order valence-corrected chi connectivity index (χ4v) is 5.71. The Bertz CT molecular complexity index is 1410. The molecule has 1 aromatic heterocycles. The first kappa shape index (κ1) is 26.3. The molecule has 0 saturated heterocycles. The van der Waals surface area contributed by atoms with Crippen molar-refractivity contribution >= 4 is 33.8 Å². The van der Waals surface area contributed by atoms with Gasteiger partial charge in [-0.3, -0.25) is 13.8 Å². The van der Waals surface area contributed by atoms with Crippen LogP contribution in [0.1, 0.15) is 43.4 Å². The molecule has 4 rings (SSSR count). The van der Waals surface area contributed by atoms with Crippen LogP contribution in [0.15, 0.2) is 53.6 Å². The summed E-state index contributed by atoms with van der Waals surface area (Å²) in [7, 11) is -4.11. The summed E-state index contributed by atoms with van der Waals surface area (Å²) < 4.78 is 42.4. The highest BCUT2D eigenvalue weighted by Crippen LogP contribution is 2.40. The largest absolute Gasteiger partial charge is 0.486 e. The first-order valence-electron chi connectivity index (χ1n) is 12.2. The lowest BCUT2D eigenvalue weighted by Gasteiger charge is -2.35. The summed E-state index contributed by atoms with van der Waals surface area (Å²) >= 11 is 0. The molecule has 1 aliphatic heterocycles. The molecule has 37 heavy (non-hydrogen) atoms. The van der Waals surface area contributed by atoms with Gasteiger partial charge in [-0.2, -0.15) is 0 Å². The molecule has 0 spiro atoms. The monoisotopic (exact) mass is 525 g/mol. The van der Waals surface area contributed by atoms with Crippen LogP contribution in [-0.4, -0.2) is 48.5 Å². The number of aliphatic carboxylic acids is 1. The van der Waals surface area contributed by atoms with Gasteiger partial charge < -0.3 is 14.6 Å². The third kappa shape index (κ3) is 5.80. The van der Waals surface area contributed by atoms with Crippen LogP contribution in [0.5, 0.6) is 11.6 Å². The predicted molar refractivity (Wildman–Crippen MR) is 141 cm³/mol. The lowest BCUT2D eigenvalue weighted by molar-refractivity contribution is -0.137. The molecule has 0 amide bonds. The van der Waals surface area contributed by atoms with Crippen molar-refractivity contribution in [1.29, 1.82) is 0 Å². The fourth-order valence-electron chi connectivity index (χ4n) is 4.13. The van der Waals surface area contributed by atoms with Crippen molar-refractivity contribution in [3.63, 3.8) is 0 Å². The molecule has 3 aromatic rings. The third-order valence-corrected chi connectivity index (χ3v) is 7.87. The van der Waals surface area contributed by atoms with Gasteiger partial charge in [0.25, 0.3) is 15.9 Å². The molecule has 0 fully saturated rings. The van der Waals surface area contributed by atoms with Crippen molar-refractivity contribution in [3.05, 3.63) is 65.4 Å². The van der Waals surface area contributed by atoms with E-state index >= 15 is 0 Å². The zero-order chi connectivity index (χ0) is 26.6. The van der Waals surface area contributed by atoms with E-state index < -0.39 is 22.1 Å². The Morgan fingerprint density at radius 1 is 1.22 bits per heavy atom. The van der Waals surface area contributed by atoms with E-state index in [0.717, 1.165) is 16.7 Å². The number of sulfonamides is 1. The fraction of sp³-hybridized carbons (Fsp3) is 0.333. The van der Waals surface area contributed by atoms with Crippen LogP contribution in [0.2, 0.25) is 0 Å². The van der Waals surface area contributed by atoms with E-state index in [4.69, 9.17) is 14.6 Å². The molecule has 9 nitrogen and oxygen atoms in total.